The Morgan fingerprint density at radius 2 is 1.86 bits per heavy atom. The van der Waals surface area contributed by atoms with Crippen molar-refractivity contribution in [3.63, 3.8) is 0 Å². The lowest BCUT2D eigenvalue weighted by molar-refractivity contribution is 0.965. The molecule has 0 saturated carbocycles. The van der Waals surface area contributed by atoms with Gasteiger partial charge in [-0.2, -0.15) is 0 Å². The fraction of sp³-hybridized carbons (Fsp3) is 0.556. The summed E-state index contributed by atoms with van der Waals surface area (Å²) in [4.78, 5) is 8.12. The second-order valence-electron chi connectivity index (χ2n) is 2.94. The monoisotopic (exact) mass is 195 g/mol. The number of rotatable bonds is 5. The van der Waals surface area contributed by atoms with Gasteiger partial charge in [0, 0.05) is 13.1 Å². The Hall–Kier alpha value is -1.52. The smallest absolute Gasteiger partial charge is 0.154 e. The van der Waals surface area contributed by atoms with Crippen LogP contribution in [0.3, 0.4) is 0 Å². The van der Waals surface area contributed by atoms with E-state index in [9.17, 15) is 0 Å². The van der Waals surface area contributed by atoms with Gasteiger partial charge in [0.25, 0.3) is 0 Å². The molecule has 1 aromatic rings. The maximum absolute atomic E-state index is 5.86. The summed E-state index contributed by atoms with van der Waals surface area (Å²) in [5.41, 5.74) is 6.45. The van der Waals surface area contributed by atoms with Crippen molar-refractivity contribution in [1.29, 1.82) is 0 Å². The van der Waals surface area contributed by atoms with E-state index in [-0.39, 0.29) is 0 Å². The lowest BCUT2D eigenvalue weighted by Crippen LogP contribution is -2.09. The molecule has 0 bridgehead atoms. The minimum atomic E-state index is 0.586. The van der Waals surface area contributed by atoms with Gasteiger partial charge in [-0.15, -0.1) is 0 Å². The molecule has 0 saturated heterocycles. The first-order chi connectivity index (χ1) is 6.79. The number of nitrogens with two attached hydrogens (primary N) is 1. The third-order valence-corrected chi connectivity index (χ3v) is 1.77. The van der Waals surface area contributed by atoms with Crippen LogP contribution in [0.2, 0.25) is 0 Å². The number of nitrogens with zero attached hydrogens (tertiary/aromatic N) is 2. The molecule has 0 aliphatic rings. The molecule has 0 fully saturated rings. The van der Waals surface area contributed by atoms with Crippen LogP contribution in [0.5, 0.6) is 0 Å². The predicted molar refractivity (Wildman–Crippen MR) is 59.4 cm³/mol. The Labute approximate surface area is 84.1 Å². The second kappa shape index (κ2) is 5.26. The molecule has 0 atom stereocenters. The van der Waals surface area contributed by atoms with Crippen molar-refractivity contribution < 1.29 is 0 Å². The molecule has 5 heteroatoms. The fourth-order valence-electron chi connectivity index (χ4n) is 1.09. The summed E-state index contributed by atoms with van der Waals surface area (Å²) in [7, 11) is 0. The minimum absolute atomic E-state index is 0.586. The largest absolute Gasteiger partial charge is 0.393 e. The molecule has 0 spiro atoms. The summed E-state index contributed by atoms with van der Waals surface area (Å²) in [6.07, 6.45) is 2.55. The number of hydrogen-bond acceptors (Lipinski definition) is 5. The first kappa shape index (κ1) is 10.6. The number of anilines is 3. The molecule has 14 heavy (non-hydrogen) atoms. The summed E-state index contributed by atoms with van der Waals surface area (Å²) < 4.78 is 0. The first-order valence-electron chi connectivity index (χ1n) is 4.87. The SMILES string of the molecule is CCCNc1ncnc(NCC)c1N. The normalized spacial score (nSPS) is 9.86. The van der Waals surface area contributed by atoms with Gasteiger partial charge < -0.3 is 16.4 Å². The van der Waals surface area contributed by atoms with Gasteiger partial charge >= 0.3 is 0 Å². The Morgan fingerprint density at radius 1 is 1.21 bits per heavy atom. The van der Waals surface area contributed by atoms with Gasteiger partial charge in [-0.3, -0.25) is 0 Å². The lowest BCUT2D eigenvalue weighted by Gasteiger charge is -2.10. The van der Waals surface area contributed by atoms with Crippen LogP contribution in [-0.4, -0.2) is 23.1 Å². The standard InChI is InChI=1S/C9H17N5/c1-3-5-12-9-7(10)8(11-4-2)13-6-14-9/h6H,3-5,10H2,1-2H3,(H2,11,12,13,14). The van der Waals surface area contributed by atoms with Crippen molar-refractivity contribution in [3.05, 3.63) is 6.33 Å². The quantitative estimate of drug-likeness (QED) is 0.660. The van der Waals surface area contributed by atoms with Crippen LogP contribution in [-0.2, 0) is 0 Å². The van der Waals surface area contributed by atoms with Gasteiger partial charge in [0.2, 0.25) is 0 Å². The van der Waals surface area contributed by atoms with Crippen molar-refractivity contribution in [2.75, 3.05) is 29.5 Å². The summed E-state index contributed by atoms with van der Waals surface area (Å²) in [6.45, 7) is 5.76. The van der Waals surface area contributed by atoms with E-state index in [4.69, 9.17) is 5.73 Å². The van der Waals surface area contributed by atoms with Gasteiger partial charge in [0.05, 0.1) is 0 Å². The zero-order chi connectivity index (χ0) is 10.4. The molecule has 0 aliphatic carbocycles. The number of nitrogens with one attached hydrogen (secondary N) is 2. The molecular formula is C9H17N5. The van der Waals surface area contributed by atoms with Crippen LogP contribution >= 0.6 is 0 Å². The minimum Gasteiger partial charge on any atom is -0.393 e. The van der Waals surface area contributed by atoms with Crippen molar-refractivity contribution in [2.24, 2.45) is 0 Å². The van der Waals surface area contributed by atoms with E-state index in [0.717, 1.165) is 19.5 Å². The highest BCUT2D eigenvalue weighted by Crippen LogP contribution is 2.21. The van der Waals surface area contributed by atoms with E-state index in [0.29, 0.717) is 17.3 Å². The zero-order valence-corrected chi connectivity index (χ0v) is 8.67. The maximum Gasteiger partial charge on any atom is 0.154 e. The molecular weight excluding hydrogens is 178 g/mol. The number of nitrogen functional groups attached to an aromatic ring is 1. The van der Waals surface area contributed by atoms with E-state index in [1.807, 2.05) is 6.92 Å². The van der Waals surface area contributed by atoms with Gasteiger partial charge in [-0.25, -0.2) is 9.97 Å². The van der Waals surface area contributed by atoms with Crippen LogP contribution < -0.4 is 16.4 Å². The van der Waals surface area contributed by atoms with Crippen molar-refractivity contribution in [2.45, 2.75) is 20.3 Å². The van der Waals surface area contributed by atoms with E-state index in [1.165, 1.54) is 6.33 Å². The van der Waals surface area contributed by atoms with Gasteiger partial charge in [0.1, 0.15) is 12.0 Å². The Bertz CT molecular complexity index is 287. The molecule has 4 N–H and O–H groups in total. The molecule has 0 unspecified atom stereocenters. The second-order valence-corrected chi connectivity index (χ2v) is 2.94. The summed E-state index contributed by atoms with van der Waals surface area (Å²) >= 11 is 0. The van der Waals surface area contributed by atoms with Crippen LogP contribution in [0.1, 0.15) is 20.3 Å². The van der Waals surface area contributed by atoms with Gasteiger partial charge in [-0.1, -0.05) is 6.92 Å². The van der Waals surface area contributed by atoms with Crippen molar-refractivity contribution in [3.8, 4) is 0 Å². The molecule has 1 rings (SSSR count). The highest BCUT2D eigenvalue weighted by atomic mass is 15.1. The Kier molecular flexibility index (Phi) is 3.97. The Balaban J connectivity index is 2.78. The third kappa shape index (κ3) is 2.48. The molecule has 0 radical (unpaired) electrons. The molecule has 0 aliphatic heterocycles. The van der Waals surface area contributed by atoms with E-state index >= 15 is 0 Å². The fourth-order valence-corrected chi connectivity index (χ4v) is 1.09. The highest BCUT2D eigenvalue weighted by molar-refractivity contribution is 5.73. The molecule has 0 amide bonds. The average Bonchev–Trinajstić information content (AvgIpc) is 2.20. The van der Waals surface area contributed by atoms with Crippen molar-refractivity contribution in [1.82, 2.24) is 9.97 Å². The molecule has 0 aromatic carbocycles. The molecule has 78 valence electrons. The Morgan fingerprint density at radius 3 is 2.43 bits per heavy atom. The first-order valence-corrected chi connectivity index (χ1v) is 4.87. The maximum atomic E-state index is 5.86. The lowest BCUT2D eigenvalue weighted by atomic mass is 10.4. The summed E-state index contributed by atoms with van der Waals surface area (Å²) in [5.74, 6) is 1.40. The highest BCUT2D eigenvalue weighted by Gasteiger charge is 2.05. The number of aromatic nitrogens is 2. The molecule has 5 nitrogen and oxygen atoms in total. The number of hydrogen-bond donors (Lipinski definition) is 3. The van der Waals surface area contributed by atoms with Crippen LogP contribution in [0.25, 0.3) is 0 Å². The predicted octanol–water partition coefficient (Wildman–Crippen LogP) is 1.31. The van der Waals surface area contributed by atoms with Gasteiger partial charge in [0.15, 0.2) is 11.6 Å². The van der Waals surface area contributed by atoms with Gasteiger partial charge in [-0.05, 0) is 13.3 Å². The molecule has 1 heterocycles. The molecule has 1 aromatic heterocycles. The van der Waals surface area contributed by atoms with Crippen molar-refractivity contribution >= 4 is 17.3 Å². The third-order valence-electron chi connectivity index (χ3n) is 1.77. The van der Waals surface area contributed by atoms with Crippen LogP contribution in [0.15, 0.2) is 6.33 Å². The summed E-state index contributed by atoms with van der Waals surface area (Å²) in [6, 6.07) is 0. The van der Waals surface area contributed by atoms with E-state index < -0.39 is 0 Å². The zero-order valence-electron chi connectivity index (χ0n) is 8.67. The van der Waals surface area contributed by atoms with E-state index in [1.54, 1.807) is 0 Å². The van der Waals surface area contributed by atoms with Crippen LogP contribution in [0, 0.1) is 0 Å². The van der Waals surface area contributed by atoms with E-state index in [2.05, 4.69) is 27.5 Å². The average molecular weight is 195 g/mol. The summed E-state index contributed by atoms with van der Waals surface area (Å²) in [5, 5.41) is 6.22. The topological polar surface area (TPSA) is 75.9 Å². The van der Waals surface area contributed by atoms with Crippen LogP contribution in [0.4, 0.5) is 17.3 Å².